The third-order valence-corrected chi connectivity index (χ3v) is 5.83. The van der Waals surface area contributed by atoms with Gasteiger partial charge in [0.15, 0.2) is 21.3 Å². The molecule has 1 aromatic rings. The van der Waals surface area contributed by atoms with Gasteiger partial charge in [0.2, 0.25) is 0 Å². The van der Waals surface area contributed by atoms with E-state index in [1.54, 1.807) is 7.11 Å². The maximum atomic E-state index is 11.2. The molecule has 6 heteroatoms. The summed E-state index contributed by atoms with van der Waals surface area (Å²) in [6.07, 6.45) is 3.30. The molecule has 5 nitrogen and oxygen atoms in total. The molecule has 2 fully saturated rings. The van der Waals surface area contributed by atoms with Gasteiger partial charge in [0.05, 0.1) is 18.6 Å². The predicted octanol–water partition coefficient (Wildman–Crippen LogP) is 1.69. The number of benzene rings is 1. The summed E-state index contributed by atoms with van der Waals surface area (Å²) in [5.74, 6) is 1.49. The van der Waals surface area contributed by atoms with Gasteiger partial charge in [-0.05, 0) is 37.1 Å². The number of hydrogen-bond acceptors (Lipinski definition) is 5. The van der Waals surface area contributed by atoms with Gasteiger partial charge in [0, 0.05) is 6.04 Å². The van der Waals surface area contributed by atoms with E-state index in [1.807, 2.05) is 18.2 Å². The van der Waals surface area contributed by atoms with Crippen molar-refractivity contribution < 1.29 is 17.9 Å². The maximum absolute atomic E-state index is 11.2. The lowest BCUT2D eigenvalue weighted by atomic mass is 9.97. The first-order valence-electron chi connectivity index (χ1n) is 7.36. The smallest absolute Gasteiger partial charge is 0.162 e. The zero-order chi connectivity index (χ0) is 14.9. The third kappa shape index (κ3) is 3.32. The van der Waals surface area contributed by atoms with Gasteiger partial charge in [0.1, 0.15) is 6.10 Å². The highest BCUT2D eigenvalue weighted by Gasteiger charge is 2.35. The molecule has 0 bridgehead atoms. The Balaban J connectivity index is 1.76. The monoisotopic (exact) mass is 311 g/mol. The van der Waals surface area contributed by atoms with Crippen LogP contribution in [0.25, 0.3) is 0 Å². The topological polar surface area (TPSA) is 64.6 Å². The molecule has 1 aromatic carbocycles. The van der Waals surface area contributed by atoms with Gasteiger partial charge in [0.25, 0.3) is 0 Å². The van der Waals surface area contributed by atoms with Gasteiger partial charge >= 0.3 is 0 Å². The molecule has 1 unspecified atom stereocenters. The van der Waals surface area contributed by atoms with Crippen LogP contribution in [0.15, 0.2) is 18.2 Å². The van der Waals surface area contributed by atoms with E-state index in [9.17, 15) is 8.42 Å². The van der Waals surface area contributed by atoms with Gasteiger partial charge in [-0.1, -0.05) is 12.5 Å². The SMILES string of the molecule is COc1ccc(C2CCCCN2)cc1OC1CS(=O)(=O)C1. The summed E-state index contributed by atoms with van der Waals surface area (Å²) in [5, 5.41) is 3.50. The van der Waals surface area contributed by atoms with Crippen molar-refractivity contribution in [2.24, 2.45) is 0 Å². The highest BCUT2D eigenvalue weighted by atomic mass is 32.2. The second-order valence-corrected chi connectivity index (χ2v) is 7.88. The van der Waals surface area contributed by atoms with Crippen LogP contribution in [0.3, 0.4) is 0 Å². The van der Waals surface area contributed by atoms with Crippen molar-refractivity contribution in [1.29, 1.82) is 0 Å². The Labute approximate surface area is 125 Å². The standard InChI is InChI=1S/C15H21NO4S/c1-19-14-6-5-11(13-4-2-3-7-16-13)8-15(14)20-12-9-21(17,18)10-12/h5-6,8,12-13,16H,2-4,7,9-10H2,1H3. The molecule has 116 valence electrons. The Hall–Kier alpha value is -1.27. The summed E-state index contributed by atoms with van der Waals surface area (Å²) in [7, 11) is -1.28. The lowest BCUT2D eigenvalue weighted by Crippen LogP contribution is -2.45. The zero-order valence-electron chi connectivity index (χ0n) is 12.2. The summed E-state index contributed by atoms with van der Waals surface area (Å²) < 4.78 is 33.6. The van der Waals surface area contributed by atoms with Crippen LogP contribution in [0, 0.1) is 0 Å². The minimum Gasteiger partial charge on any atom is -0.493 e. The largest absolute Gasteiger partial charge is 0.493 e. The molecule has 3 rings (SSSR count). The molecule has 0 spiro atoms. The lowest BCUT2D eigenvalue weighted by molar-refractivity contribution is 0.219. The van der Waals surface area contributed by atoms with E-state index in [1.165, 1.54) is 18.4 Å². The molecule has 1 atom stereocenters. The number of sulfone groups is 1. The predicted molar refractivity (Wildman–Crippen MR) is 80.7 cm³/mol. The van der Waals surface area contributed by atoms with Crippen LogP contribution >= 0.6 is 0 Å². The van der Waals surface area contributed by atoms with Crippen LogP contribution < -0.4 is 14.8 Å². The van der Waals surface area contributed by atoms with Gasteiger partial charge in [-0.15, -0.1) is 0 Å². The second kappa shape index (κ2) is 5.85. The molecule has 1 N–H and O–H groups in total. The number of ether oxygens (including phenoxy) is 2. The molecular formula is C15H21NO4S. The lowest BCUT2D eigenvalue weighted by Gasteiger charge is -2.28. The fraction of sp³-hybridized carbons (Fsp3) is 0.600. The van der Waals surface area contributed by atoms with Gasteiger partial charge in [-0.25, -0.2) is 8.42 Å². The normalized spacial score (nSPS) is 25.1. The van der Waals surface area contributed by atoms with Crippen LogP contribution in [-0.2, 0) is 9.84 Å². The summed E-state index contributed by atoms with van der Waals surface area (Å²) in [4.78, 5) is 0. The quantitative estimate of drug-likeness (QED) is 0.916. The second-order valence-electron chi connectivity index (χ2n) is 5.73. The number of methoxy groups -OCH3 is 1. The molecule has 0 radical (unpaired) electrons. The van der Waals surface area contributed by atoms with Crippen molar-refractivity contribution in [2.75, 3.05) is 25.2 Å². The number of hydrogen-bond donors (Lipinski definition) is 1. The van der Waals surface area contributed by atoms with Crippen molar-refractivity contribution in [3.05, 3.63) is 23.8 Å². The van der Waals surface area contributed by atoms with Gasteiger partial charge in [-0.3, -0.25) is 0 Å². The van der Waals surface area contributed by atoms with Crippen molar-refractivity contribution in [3.63, 3.8) is 0 Å². The molecule has 21 heavy (non-hydrogen) atoms. The van der Waals surface area contributed by atoms with Gasteiger partial charge in [-0.2, -0.15) is 0 Å². The summed E-state index contributed by atoms with van der Waals surface area (Å²) in [6.45, 7) is 1.04. The molecule has 0 aromatic heterocycles. The van der Waals surface area contributed by atoms with Crippen LogP contribution in [0.5, 0.6) is 11.5 Å². The van der Waals surface area contributed by atoms with Crippen LogP contribution in [0.2, 0.25) is 0 Å². The third-order valence-electron chi connectivity index (χ3n) is 4.07. The molecule has 2 heterocycles. The van der Waals surface area contributed by atoms with Crippen molar-refractivity contribution >= 4 is 9.84 Å². The highest BCUT2D eigenvalue weighted by molar-refractivity contribution is 7.92. The van der Waals surface area contributed by atoms with Crippen LogP contribution in [0.1, 0.15) is 30.9 Å². The highest BCUT2D eigenvalue weighted by Crippen LogP contribution is 2.34. The average Bonchev–Trinajstić information content (AvgIpc) is 2.46. The minimum absolute atomic E-state index is 0.0993. The fourth-order valence-electron chi connectivity index (χ4n) is 2.90. The Kier molecular flexibility index (Phi) is 4.08. The van der Waals surface area contributed by atoms with E-state index in [4.69, 9.17) is 9.47 Å². The van der Waals surface area contributed by atoms with Crippen molar-refractivity contribution in [3.8, 4) is 11.5 Å². The first-order chi connectivity index (χ1) is 10.1. The molecular weight excluding hydrogens is 290 g/mol. The fourth-order valence-corrected chi connectivity index (χ4v) is 4.08. The Morgan fingerprint density at radius 3 is 2.62 bits per heavy atom. The average molecular weight is 311 g/mol. The first-order valence-corrected chi connectivity index (χ1v) is 9.18. The van der Waals surface area contributed by atoms with E-state index < -0.39 is 9.84 Å². The Morgan fingerprint density at radius 1 is 1.19 bits per heavy atom. The molecule has 2 aliphatic rings. The molecule has 0 aliphatic carbocycles. The van der Waals surface area contributed by atoms with E-state index in [0.717, 1.165) is 13.0 Å². The molecule has 0 amide bonds. The zero-order valence-corrected chi connectivity index (χ0v) is 13.0. The van der Waals surface area contributed by atoms with Gasteiger partial charge < -0.3 is 14.8 Å². The molecule has 2 saturated heterocycles. The van der Waals surface area contributed by atoms with Crippen LogP contribution in [-0.4, -0.2) is 39.7 Å². The number of rotatable bonds is 4. The summed E-state index contributed by atoms with van der Waals surface area (Å²) in [6, 6.07) is 6.27. The number of nitrogens with one attached hydrogen (secondary N) is 1. The van der Waals surface area contributed by atoms with Crippen molar-refractivity contribution in [2.45, 2.75) is 31.4 Å². The van der Waals surface area contributed by atoms with Crippen LogP contribution in [0.4, 0.5) is 0 Å². The van der Waals surface area contributed by atoms with Crippen molar-refractivity contribution in [1.82, 2.24) is 5.32 Å². The summed E-state index contributed by atoms with van der Waals surface area (Å²) >= 11 is 0. The van der Waals surface area contributed by atoms with E-state index in [2.05, 4.69) is 5.32 Å². The molecule has 0 saturated carbocycles. The van der Waals surface area contributed by atoms with E-state index in [-0.39, 0.29) is 17.6 Å². The Bertz CT molecular complexity index is 596. The maximum Gasteiger partial charge on any atom is 0.162 e. The summed E-state index contributed by atoms with van der Waals surface area (Å²) in [5.41, 5.74) is 1.17. The minimum atomic E-state index is -2.88. The Morgan fingerprint density at radius 2 is 2.00 bits per heavy atom. The van der Waals surface area contributed by atoms with E-state index >= 15 is 0 Å². The number of piperidine rings is 1. The van der Waals surface area contributed by atoms with E-state index in [0.29, 0.717) is 17.5 Å². The molecule has 2 aliphatic heterocycles. The first kappa shape index (κ1) is 14.7.